The van der Waals surface area contributed by atoms with E-state index < -0.39 is 0 Å². The van der Waals surface area contributed by atoms with Crippen LogP contribution in [-0.4, -0.2) is 23.6 Å². The fourth-order valence-corrected chi connectivity index (χ4v) is 3.15. The molecule has 0 aliphatic heterocycles. The van der Waals surface area contributed by atoms with E-state index in [4.69, 9.17) is 11.6 Å². The molecule has 4 nitrogen and oxygen atoms in total. The Kier molecular flexibility index (Phi) is 4.34. The lowest BCUT2D eigenvalue weighted by Crippen LogP contribution is -2.41. The fraction of sp³-hybridized carbons (Fsp3) is 0.438. The summed E-state index contributed by atoms with van der Waals surface area (Å²) in [5, 5.41) is 7.81. The summed E-state index contributed by atoms with van der Waals surface area (Å²) >= 11 is 6.03. The number of aromatic nitrogens is 1. The lowest BCUT2D eigenvalue weighted by Gasteiger charge is -2.12. The van der Waals surface area contributed by atoms with Crippen LogP contribution in [0.25, 0.3) is 10.9 Å². The lowest BCUT2D eigenvalue weighted by molar-refractivity contribution is 0.237. The highest BCUT2D eigenvalue weighted by molar-refractivity contribution is 6.31. The highest BCUT2D eigenvalue weighted by atomic mass is 35.5. The fourth-order valence-electron chi connectivity index (χ4n) is 2.97. The van der Waals surface area contributed by atoms with Gasteiger partial charge in [0, 0.05) is 34.7 Å². The van der Waals surface area contributed by atoms with Crippen LogP contribution in [0.1, 0.15) is 31.2 Å². The van der Waals surface area contributed by atoms with Crippen molar-refractivity contribution < 1.29 is 4.79 Å². The van der Waals surface area contributed by atoms with Crippen LogP contribution in [-0.2, 0) is 6.42 Å². The molecular weight excluding hydrogens is 286 g/mol. The molecule has 3 N–H and O–H groups in total. The van der Waals surface area contributed by atoms with E-state index in [-0.39, 0.29) is 6.03 Å². The summed E-state index contributed by atoms with van der Waals surface area (Å²) < 4.78 is 0. The van der Waals surface area contributed by atoms with E-state index in [0.717, 1.165) is 35.2 Å². The van der Waals surface area contributed by atoms with Crippen molar-refractivity contribution in [3.63, 3.8) is 0 Å². The summed E-state index contributed by atoms with van der Waals surface area (Å²) in [6, 6.07) is 6.11. The maximum atomic E-state index is 11.8. The van der Waals surface area contributed by atoms with Gasteiger partial charge in [-0.15, -0.1) is 0 Å². The van der Waals surface area contributed by atoms with Crippen LogP contribution in [0.15, 0.2) is 24.4 Å². The molecule has 1 aromatic heterocycles. The molecule has 1 aliphatic rings. The van der Waals surface area contributed by atoms with Gasteiger partial charge in [-0.3, -0.25) is 0 Å². The zero-order chi connectivity index (χ0) is 14.7. The third-order valence-electron chi connectivity index (χ3n) is 4.10. The van der Waals surface area contributed by atoms with Gasteiger partial charge in [-0.1, -0.05) is 24.4 Å². The largest absolute Gasteiger partial charge is 0.361 e. The highest BCUT2D eigenvalue weighted by Gasteiger charge is 2.16. The molecule has 1 aliphatic carbocycles. The normalized spacial score (nSPS) is 15.5. The highest BCUT2D eigenvalue weighted by Crippen LogP contribution is 2.22. The molecule has 0 bridgehead atoms. The average Bonchev–Trinajstić information content (AvgIpc) is 3.09. The van der Waals surface area contributed by atoms with Gasteiger partial charge in [-0.2, -0.15) is 0 Å². The van der Waals surface area contributed by atoms with Gasteiger partial charge in [0.05, 0.1) is 0 Å². The average molecular weight is 306 g/mol. The number of fused-ring (bicyclic) bond motifs is 1. The third kappa shape index (κ3) is 3.50. The van der Waals surface area contributed by atoms with Crippen molar-refractivity contribution in [3.8, 4) is 0 Å². The molecule has 0 radical (unpaired) electrons. The number of urea groups is 1. The molecular formula is C16H20ClN3O. The molecule has 1 saturated carbocycles. The van der Waals surface area contributed by atoms with Crippen LogP contribution in [0.2, 0.25) is 5.02 Å². The summed E-state index contributed by atoms with van der Waals surface area (Å²) in [6.45, 7) is 0.623. The second-order valence-electron chi connectivity index (χ2n) is 5.64. The Bertz CT molecular complexity index is 631. The van der Waals surface area contributed by atoms with Crippen molar-refractivity contribution in [1.29, 1.82) is 0 Å². The SMILES string of the molecule is O=C(NCCc1c[nH]c2ccc(Cl)cc12)NC1CCCC1. The number of nitrogens with one attached hydrogen (secondary N) is 3. The third-order valence-corrected chi connectivity index (χ3v) is 4.33. The summed E-state index contributed by atoms with van der Waals surface area (Å²) in [5.74, 6) is 0. The molecule has 0 saturated heterocycles. The van der Waals surface area contributed by atoms with Crippen molar-refractivity contribution in [3.05, 3.63) is 35.0 Å². The maximum absolute atomic E-state index is 11.8. The van der Waals surface area contributed by atoms with Gasteiger partial charge in [-0.05, 0) is 43.0 Å². The molecule has 5 heteroatoms. The number of carbonyl (C=O) groups excluding carboxylic acids is 1. The first-order valence-electron chi connectivity index (χ1n) is 7.52. The molecule has 0 atom stereocenters. The quantitative estimate of drug-likeness (QED) is 0.794. The van der Waals surface area contributed by atoms with E-state index in [1.54, 1.807) is 0 Å². The monoisotopic (exact) mass is 305 g/mol. The Balaban J connectivity index is 1.52. The van der Waals surface area contributed by atoms with Gasteiger partial charge in [0.2, 0.25) is 0 Å². The first-order valence-corrected chi connectivity index (χ1v) is 7.90. The molecule has 0 spiro atoms. The lowest BCUT2D eigenvalue weighted by atomic mass is 10.1. The van der Waals surface area contributed by atoms with Crippen molar-refractivity contribution in [2.24, 2.45) is 0 Å². The summed E-state index contributed by atoms with van der Waals surface area (Å²) in [4.78, 5) is 15.0. The van der Waals surface area contributed by atoms with Crippen LogP contribution in [0.5, 0.6) is 0 Å². The minimum atomic E-state index is -0.0558. The predicted octanol–water partition coefficient (Wildman–Crippen LogP) is 3.61. The molecule has 112 valence electrons. The van der Waals surface area contributed by atoms with E-state index in [0.29, 0.717) is 12.6 Å². The van der Waals surface area contributed by atoms with Crippen molar-refractivity contribution >= 4 is 28.5 Å². The van der Waals surface area contributed by atoms with Crippen molar-refractivity contribution in [1.82, 2.24) is 15.6 Å². The number of rotatable bonds is 4. The standard InChI is InChI=1S/C16H20ClN3O/c17-12-5-6-15-14(9-12)11(10-19-15)7-8-18-16(21)20-13-3-1-2-4-13/h5-6,9-10,13,19H,1-4,7-8H2,(H2,18,20,21). The maximum Gasteiger partial charge on any atom is 0.315 e. The Labute approximate surface area is 129 Å². The Hall–Kier alpha value is -1.68. The van der Waals surface area contributed by atoms with E-state index in [9.17, 15) is 4.79 Å². The van der Waals surface area contributed by atoms with Gasteiger partial charge in [0.25, 0.3) is 0 Å². The number of hydrogen-bond donors (Lipinski definition) is 3. The van der Waals surface area contributed by atoms with Gasteiger partial charge in [0.1, 0.15) is 0 Å². The van der Waals surface area contributed by atoms with Gasteiger partial charge in [-0.25, -0.2) is 4.79 Å². The van der Waals surface area contributed by atoms with E-state index in [1.807, 2.05) is 24.4 Å². The molecule has 2 amide bonds. The second-order valence-corrected chi connectivity index (χ2v) is 6.07. The zero-order valence-electron chi connectivity index (χ0n) is 11.9. The van der Waals surface area contributed by atoms with Crippen LogP contribution in [0, 0.1) is 0 Å². The summed E-state index contributed by atoms with van der Waals surface area (Å²) in [6.07, 6.45) is 7.43. The predicted molar refractivity (Wildman–Crippen MR) is 85.8 cm³/mol. The Morgan fingerprint density at radius 3 is 2.95 bits per heavy atom. The summed E-state index contributed by atoms with van der Waals surface area (Å²) in [5.41, 5.74) is 2.25. The second kappa shape index (κ2) is 6.39. The summed E-state index contributed by atoms with van der Waals surface area (Å²) in [7, 11) is 0. The number of H-pyrrole nitrogens is 1. The topological polar surface area (TPSA) is 56.9 Å². The van der Waals surface area contributed by atoms with Gasteiger partial charge in [0.15, 0.2) is 0 Å². The number of carbonyl (C=O) groups is 1. The molecule has 0 unspecified atom stereocenters. The van der Waals surface area contributed by atoms with Crippen LogP contribution in [0.3, 0.4) is 0 Å². The van der Waals surface area contributed by atoms with Crippen molar-refractivity contribution in [2.45, 2.75) is 38.1 Å². The molecule has 2 aromatic rings. The zero-order valence-corrected chi connectivity index (χ0v) is 12.7. The van der Waals surface area contributed by atoms with E-state index in [2.05, 4.69) is 15.6 Å². The molecule has 1 heterocycles. The molecule has 3 rings (SSSR count). The van der Waals surface area contributed by atoms with Crippen molar-refractivity contribution in [2.75, 3.05) is 6.54 Å². The van der Waals surface area contributed by atoms with Crippen LogP contribution in [0.4, 0.5) is 4.79 Å². The number of aromatic amines is 1. The first-order chi connectivity index (χ1) is 10.2. The van der Waals surface area contributed by atoms with Gasteiger partial charge < -0.3 is 15.6 Å². The number of benzene rings is 1. The number of halogens is 1. The molecule has 1 fully saturated rings. The number of amides is 2. The van der Waals surface area contributed by atoms with Gasteiger partial charge >= 0.3 is 6.03 Å². The Morgan fingerprint density at radius 2 is 2.14 bits per heavy atom. The van der Waals surface area contributed by atoms with Crippen LogP contribution >= 0.6 is 11.6 Å². The minimum absolute atomic E-state index is 0.0558. The smallest absolute Gasteiger partial charge is 0.315 e. The van der Waals surface area contributed by atoms with E-state index in [1.165, 1.54) is 18.4 Å². The molecule has 1 aromatic carbocycles. The van der Waals surface area contributed by atoms with Crippen LogP contribution < -0.4 is 10.6 Å². The minimum Gasteiger partial charge on any atom is -0.361 e. The van der Waals surface area contributed by atoms with E-state index >= 15 is 0 Å². The Morgan fingerprint density at radius 1 is 1.33 bits per heavy atom. The molecule has 21 heavy (non-hydrogen) atoms. The number of hydrogen-bond acceptors (Lipinski definition) is 1. The first kappa shape index (κ1) is 14.3.